The van der Waals surface area contributed by atoms with E-state index in [0.717, 1.165) is 5.56 Å². The fourth-order valence-corrected chi connectivity index (χ4v) is 3.42. The van der Waals surface area contributed by atoms with E-state index in [2.05, 4.69) is 5.32 Å². The molecule has 2 aromatic carbocycles. The molecule has 3 rings (SSSR count). The minimum Gasteiger partial charge on any atom is -0.484 e. The van der Waals surface area contributed by atoms with Crippen LogP contribution in [-0.4, -0.2) is 34.7 Å². The predicted octanol–water partition coefficient (Wildman–Crippen LogP) is 3.67. The third-order valence-corrected chi connectivity index (χ3v) is 5.15. The number of rotatable bonds is 5. The van der Waals surface area contributed by atoms with E-state index in [4.69, 9.17) is 17.0 Å². The maximum atomic E-state index is 12.8. The highest BCUT2D eigenvalue weighted by atomic mass is 32.2. The first-order chi connectivity index (χ1) is 12.9. The molecule has 0 bridgehead atoms. The summed E-state index contributed by atoms with van der Waals surface area (Å²) in [5, 5.41) is 2.61. The van der Waals surface area contributed by atoms with Crippen LogP contribution in [0.15, 0.2) is 53.4 Å². The van der Waals surface area contributed by atoms with Crippen LogP contribution in [0.5, 0.6) is 5.75 Å². The second-order valence-corrected chi connectivity index (χ2v) is 7.33. The van der Waals surface area contributed by atoms with Crippen LogP contribution in [0.2, 0.25) is 0 Å². The molecule has 138 valence electrons. The van der Waals surface area contributed by atoms with Crippen LogP contribution in [0.25, 0.3) is 6.08 Å². The van der Waals surface area contributed by atoms with Gasteiger partial charge in [-0.2, -0.15) is 0 Å². The van der Waals surface area contributed by atoms with Crippen LogP contribution >= 0.6 is 24.0 Å². The molecule has 5 nitrogen and oxygen atoms in total. The summed E-state index contributed by atoms with van der Waals surface area (Å²) in [6.45, 7) is -0.175. The number of carbonyl (C=O) groups excluding carboxylic acids is 2. The standard InChI is InChI=1S/C19H15FN2O3S2/c1-22-18(24)16(27-19(22)26)10-12-2-8-15(9-3-12)25-11-17(23)21-14-6-4-13(20)5-7-14/h2-10H,11H2,1H3,(H,21,23)/b16-10-. The molecule has 1 N–H and O–H groups in total. The van der Waals surface area contributed by atoms with Crippen LogP contribution in [0, 0.1) is 5.82 Å². The van der Waals surface area contributed by atoms with E-state index in [9.17, 15) is 14.0 Å². The number of hydrogen-bond acceptors (Lipinski definition) is 5. The van der Waals surface area contributed by atoms with Crippen molar-refractivity contribution in [2.45, 2.75) is 0 Å². The number of thioether (sulfide) groups is 1. The van der Waals surface area contributed by atoms with Crippen molar-refractivity contribution in [1.82, 2.24) is 4.90 Å². The summed E-state index contributed by atoms with van der Waals surface area (Å²) in [4.78, 5) is 25.9. The minimum absolute atomic E-state index is 0.122. The summed E-state index contributed by atoms with van der Waals surface area (Å²) >= 11 is 6.35. The van der Waals surface area contributed by atoms with Crippen LogP contribution in [-0.2, 0) is 9.59 Å². The molecule has 2 aromatic rings. The van der Waals surface area contributed by atoms with Gasteiger partial charge >= 0.3 is 0 Å². The second kappa shape index (κ2) is 8.32. The van der Waals surface area contributed by atoms with E-state index in [0.29, 0.717) is 20.7 Å². The molecule has 0 aliphatic carbocycles. The molecule has 0 saturated carbocycles. The molecule has 27 heavy (non-hydrogen) atoms. The lowest BCUT2D eigenvalue weighted by Crippen LogP contribution is -2.22. The number of nitrogens with one attached hydrogen (secondary N) is 1. The van der Waals surface area contributed by atoms with Gasteiger partial charge in [0.25, 0.3) is 11.8 Å². The van der Waals surface area contributed by atoms with Crippen molar-refractivity contribution in [3.8, 4) is 5.75 Å². The SMILES string of the molecule is CN1C(=O)/C(=C/c2ccc(OCC(=O)Nc3ccc(F)cc3)cc2)SC1=S. The number of ether oxygens (including phenoxy) is 1. The van der Waals surface area contributed by atoms with E-state index in [-0.39, 0.29) is 24.2 Å². The third-order valence-electron chi connectivity index (χ3n) is 3.66. The molecule has 0 radical (unpaired) electrons. The van der Waals surface area contributed by atoms with Gasteiger partial charge in [-0.1, -0.05) is 36.1 Å². The Morgan fingerprint density at radius 2 is 1.89 bits per heavy atom. The van der Waals surface area contributed by atoms with Gasteiger partial charge in [0.05, 0.1) is 4.91 Å². The monoisotopic (exact) mass is 402 g/mol. The van der Waals surface area contributed by atoms with E-state index < -0.39 is 0 Å². The average molecular weight is 402 g/mol. The Morgan fingerprint density at radius 3 is 2.48 bits per heavy atom. The molecule has 2 amide bonds. The van der Waals surface area contributed by atoms with Crippen LogP contribution < -0.4 is 10.1 Å². The molecule has 1 fully saturated rings. The van der Waals surface area contributed by atoms with E-state index in [1.165, 1.54) is 40.9 Å². The van der Waals surface area contributed by atoms with Gasteiger partial charge < -0.3 is 10.1 Å². The first kappa shape index (κ1) is 19.1. The maximum absolute atomic E-state index is 12.8. The van der Waals surface area contributed by atoms with Crippen molar-refractivity contribution in [3.05, 3.63) is 64.8 Å². The van der Waals surface area contributed by atoms with Gasteiger partial charge in [0.2, 0.25) is 0 Å². The lowest BCUT2D eigenvalue weighted by Gasteiger charge is -2.08. The maximum Gasteiger partial charge on any atom is 0.265 e. The Bertz CT molecular complexity index is 912. The number of halogens is 1. The van der Waals surface area contributed by atoms with Crippen LogP contribution in [0.3, 0.4) is 0 Å². The minimum atomic E-state index is -0.370. The van der Waals surface area contributed by atoms with E-state index in [1.54, 1.807) is 37.4 Å². The Balaban J connectivity index is 1.55. The van der Waals surface area contributed by atoms with Gasteiger partial charge in [-0.25, -0.2) is 4.39 Å². The Hall–Kier alpha value is -2.71. The van der Waals surface area contributed by atoms with E-state index >= 15 is 0 Å². The van der Waals surface area contributed by atoms with Crippen molar-refractivity contribution in [1.29, 1.82) is 0 Å². The van der Waals surface area contributed by atoms with Crippen molar-refractivity contribution in [2.24, 2.45) is 0 Å². The molecule has 0 aromatic heterocycles. The summed E-state index contributed by atoms with van der Waals surface area (Å²) in [7, 11) is 1.65. The largest absolute Gasteiger partial charge is 0.484 e. The molecule has 1 heterocycles. The molecular formula is C19H15FN2O3S2. The fourth-order valence-electron chi connectivity index (χ4n) is 2.24. The number of benzene rings is 2. The van der Waals surface area contributed by atoms with Gasteiger partial charge in [-0.05, 0) is 48.0 Å². The number of carbonyl (C=O) groups is 2. The molecule has 1 saturated heterocycles. The third kappa shape index (κ3) is 4.93. The molecule has 0 spiro atoms. The summed E-state index contributed by atoms with van der Waals surface area (Å²) < 4.78 is 18.8. The Morgan fingerprint density at radius 1 is 1.22 bits per heavy atom. The summed E-state index contributed by atoms with van der Waals surface area (Å²) in [6, 6.07) is 12.5. The molecule has 0 atom stereocenters. The van der Waals surface area contributed by atoms with Crippen molar-refractivity contribution < 1.29 is 18.7 Å². The number of nitrogens with zero attached hydrogens (tertiary/aromatic N) is 1. The van der Waals surface area contributed by atoms with Crippen molar-refractivity contribution >= 4 is 51.9 Å². The normalized spacial score (nSPS) is 15.3. The highest BCUT2D eigenvalue weighted by Crippen LogP contribution is 2.31. The number of anilines is 1. The first-order valence-electron chi connectivity index (χ1n) is 7.92. The van der Waals surface area contributed by atoms with Gasteiger partial charge in [0, 0.05) is 12.7 Å². The predicted molar refractivity (Wildman–Crippen MR) is 108 cm³/mol. The summed E-state index contributed by atoms with van der Waals surface area (Å²) in [6.07, 6.45) is 1.76. The van der Waals surface area contributed by atoms with Crippen molar-refractivity contribution in [2.75, 3.05) is 19.0 Å². The lowest BCUT2D eigenvalue weighted by atomic mass is 10.2. The van der Waals surface area contributed by atoms with Gasteiger partial charge in [-0.15, -0.1) is 0 Å². The molecule has 0 unspecified atom stereocenters. The number of hydrogen-bond donors (Lipinski definition) is 1. The number of thiocarbonyl (C=S) groups is 1. The molecule has 1 aliphatic heterocycles. The van der Waals surface area contributed by atoms with E-state index in [1.807, 2.05) is 0 Å². The van der Waals surface area contributed by atoms with Crippen LogP contribution in [0.1, 0.15) is 5.56 Å². The zero-order valence-corrected chi connectivity index (χ0v) is 15.9. The molecule has 8 heteroatoms. The lowest BCUT2D eigenvalue weighted by molar-refractivity contribution is -0.121. The van der Waals surface area contributed by atoms with Gasteiger partial charge in [-0.3, -0.25) is 14.5 Å². The van der Waals surface area contributed by atoms with Crippen molar-refractivity contribution in [3.63, 3.8) is 0 Å². The highest BCUT2D eigenvalue weighted by molar-refractivity contribution is 8.26. The topological polar surface area (TPSA) is 58.6 Å². The first-order valence-corrected chi connectivity index (χ1v) is 9.15. The zero-order valence-electron chi connectivity index (χ0n) is 14.3. The van der Waals surface area contributed by atoms with Gasteiger partial charge in [0.15, 0.2) is 6.61 Å². The average Bonchev–Trinajstić information content (AvgIpc) is 2.90. The van der Waals surface area contributed by atoms with Crippen LogP contribution in [0.4, 0.5) is 10.1 Å². The molecular weight excluding hydrogens is 387 g/mol. The number of amides is 2. The fraction of sp³-hybridized carbons (Fsp3) is 0.105. The molecule has 1 aliphatic rings. The summed E-state index contributed by atoms with van der Waals surface area (Å²) in [5.74, 6) is -0.324. The summed E-state index contributed by atoms with van der Waals surface area (Å²) in [5.41, 5.74) is 1.32. The zero-order chi connectivity index (χ0) is 19.4. The Kier molecular flexibility index (Phi) is 5.88. The smallest absolute Gasteiger partial charge is 0.265 e. The van der Waals surface area contributed by atoms with Gasteiger partial charge in [0.1, 0.15) is 15.9 Å². The Labute approximate surface area is 165 Å². The highest BCUT2D eigenvalue weighted by Gasteiger charge is 2.28. The second-order valence-electron chi connectivity index (χ2n) is 5.65. The number of likely N-dealkylation sites (N-methyl/N-ethyl adjacent to an activating group) is 1. The quantitative estimate of drug-likeness (QED) is 0.611.